The Labute approximate surface area is 152 Å². The summed E-state index contributed by atoms with van der Waals surface area (Å²) in [5.41, 5.74) is 6.58. The Kier molecular flexibility index (Phi) is 9.20. The Morgan fingerprint density at radius 1 is 1.26 bits per heavy atom. The molecule has 0 aliphatic heterocycles. The van der Waals surface area contributed by atoms with Gasteiger partial charge < -0.3 is 15.8 Å². The largest absolute Gasteiger partial charge is 0.435 e. The van der Waals surface area contributed by atoms with Crippen molar-refractivity contribution < 1.29 is 13.5 Å². The second-order valence-electron chi connectivity index (χ2n) is 5.48. The molecule has 1 aromatic rings. The molecule has 0 radical (unpaired) electrons. The van der Waals surface area contributed by atoms with E-state index in [0.717, 1.165) is 12.8 Å². The minimum Gasteiger partial charge on any atom is -0.435 e. The Hall–Kier alpha value is -1.12. The fraction of sp³-hybridized carbons (Fsp3) is 0.562. The minimum absolute atomic E-state index is 0. The van der Waals surface area contributed by atoms with Crippen LogP contribution in [-0.4, -0.2) is 25.2 Å². The van der Waals surface area contributed by atoms with Crippen molar-refractivity contribution in [3.8, 4) is 5.75 Å². The molecule has 0 saturated heterocycles. The number of halogens is 3. The maximum absolute atomic E-state index is 12.3. The topological polar surface area (TPSA) is 59.6 Å². The molecule has 1 aromatic carbocycles. The van der Waals surface area contributed by atoms with E-state index in [-0.39, 0.29) is 29.7 Å². The zero-order chi connectivity index (χ0) is 15.8. The summed E-state index contributed by atoms with van der Waals surface area (Å²) in [7, 11) is 0. The highest BCUT2D eigenvalue weighted by atomic mass is 127. The van der Waals surface area contributed by atoms with Crippen LogP contribution in [-0.2, 0) is 6.42 Å². The maximum Gasteiger partial charge on any atom is 0.387 e. The van der Waals surface area contributed by atoms with Crippen LogP contribution in [0.1, 0.15) is 37.7 Å². The molecule has 3 N–H and O–H groups in total. The summed E-state index contributed by atoms with van der Waals surface area (Å²) in [5.74, 6) is 0.630. The number of aliphatic imine (C=N–C) groups is 1. The van der Waals surface area contributed by atoms with Gasteiger partial charge in [-0.3, -0.25) is 4.99 Å². The summed E-state index contributed by atoms with van der Waals surface area (Å²) in [5, 5.41) is 3.23. The molecule has 0 bridgehead atoms. The van der Waals surface area contributed by atoms with Crippen LogP contribution < -0.4 is 15.8 Å². The standard InChI is InChI=1S/C16H23F2N3O.HI/c17-15(18)22-14-9-5-4-6-12(14)10-11-20-16(19)21-13-7-2-1-3-8-13;/h4-6,9,13,15H,1-3,7-8,10-11H2,(H3,19,20,21);1H. The van der Waals surface area contributed by atoms with Gasteiger partial charge >= 0.3 is 6.61 Å². The van der Waals surface area contributed by atoms with Crippen LogP contribution in [0.15, 0.2) is 29.3 Å². The van der Waals surface area contributed by atoms with Gasteiger partial charge in [0.2, 0.25) is 0 Å². The first-order chi connectivity index (χ1) is 10.6. The number of nitrogens with two attached hydrogens (primary N) is 1. The van der Waals surface area contributed by atoms with Gasteiger partial charge in [0.15, 0.2) is 5.96 Å². The Morgan fingerprint density at radius 3 is 2.65 bits per heavy atom. The molecule has 1 aliphatic rings. The Morgan fingerprint density at radius 2 is 1.96 bits per heavy atom. The van der Waals surface area contributed by atoms with Gasteiger partial charge in [0.05, 0.1) is 0 Å². The van der Waals surface area contributed by atoms with Gasteiger partial charge in [-0.1, -0.05) is 37.5 Å². The van der Waals surface area contributed by atoms with E-state index in [9.17, 15) is 8.78 Å². The predicted molar refractivity (Wildman–Crippen MR) is 98.7 cm³/mol. The lowest BCUT2D eigenvalue weighted by atomic mass is 9.96. The molecule has 0 aromatic heterocycles. The van der Waals surface area contributed by atoms with Crippen LogP contribution in [0, 0.1) is 0 Å². The minimum atomic E-state index is -2.82. The van der Waals surface area contributed by atoms with Gasteiger partial charge in [-0.2, -0.15) is 8.78 Å². The predicted octanol–water partition coefficient (Wildman–Crippen LogP) is 3.69. The average molecular weight is 439 g/mol. The van der Waals surface area contributed by atoms with Crippen LogP contribution in [0.5, 0.6) is 5.75 Å². The van der Waals surface area contributed by atoms with E-state index >= 15 is 0 Å². The summed E-state index contributed by atoms with van der Waals surface area (Å²) < 4.78 is 29.2. The van der Waals surface area contributed by atoms with Crippen molar-refractivity contribution in [3.63, 3.8) is 0 Å². The molecule has 130 valence electrons. The fourth-order valence-corrected chi connectivity index (χ4v) is 2.72. The SMILES string of the molecule is I.NC(=NCCc1ccccc1OC(F)F)NC1CCCCC1. The van der Waals surface area contributed by atoms with Crippen molar-refractivity contribution in [2.45, 2.75) is 51.2 Å². The smallest absolute Gasteiger partial charge is 0.387 e. The number of benzene rings is 1. The molecule has 1 aliphatic carbocycles. The number of alkyl halides is 2. The van der Waals surface area contributed by atoms with Crippen LogP contribution in [0.4, 0.5) is 8.78 Å². The summed E-state index contributed by atoms with van der Waals surface area (Å²) in [6.07, 6.45) is 6.50. The molecule has 0 atom stereocenters. The third kappa shape index (κ3) is 7.32. The van der Waals surface area contributed by atoms with Crippen molar-refractivity contribution in [1.29, 1.82) is 0 Å². The lowest BCUT2D eigenvalue weighted by molar-refractivity contribution is -0.0504. The number of hydrogen-bond acceptors (Lipinski definition) is 2. The number of para-hydroxylation sites is 1. The van der Waals surface area contributed by atoms with Crippen molar-refractivity contribution in [1.82, 2.24) is 5.32 Å². The molecule has 1 fully saturated rings. The van der Waals surface area contributed by atoms with Gasteiger partial charge in [0, 0.05) is 12.6 Å². The van der Waals surface area contributed by atoms with Gasteiger partial charge in [0.25, 0.3) is 0 Å². The molecule has 0 heterocycles. The molecule has 1 saturated carbocycles. The van der Waals surface area contributed by atoms with E-state index in [1.807, 2.05) is 0 Å². The Balaban J connectivity index is 0.00000264. The molecule has 0 unspecified atom stereocenters. The third-order valence-corrected chi connectivity index (χ3v) is 3.81. The number of hydrogen-bond donors (Lipinski definition) is 2. The van der Waals surface area contributed by atoms with E-state index in [1.165, 1.54) is 25.3 Å². The number of guanidine groups is 1. The van der Waals surface area contributed by atoms with E-state index < -0.39 is 6.61 Å². The number of nitrogens with one attached hydrogen (secondary N) is 1. The van der Waals surface area contributed by atoms with Crippen LogP contribution in [0.25, 0.3) is 0 Å². The number of rotatable bonds is 6. The molecule has 0 amide bonds. The Bertz CT molecular complexity index is 494. The summed E-state index contributed by atoms with van der Waals surface area (Å²) in [6.45, 7) is -2.38. The molecule has 7 heteroatoms. The highest BCUT2D eigenvalue weighted by Crippen LogP contribution is 2.20. The maximum atomic E-state index is 12.3. The second-order valence-corrected chi connectivity index (χ2v) is 5.48. The number of ether oxygens (including phenoxy) is 1. The molecular weight excluding hydrogens is 415 g/mol. The average Bonchev–Trinajstić information content (AvgIpc) is 2.49. The quantitative estimate of drug-likeness (QED) is 0.404. The van der Waals surface area contributed by atoms with Crippen LogP contribution >= 0.6 is 24.0 Å². The van der Waals surface area contributed by atoms with Crippen LogP contribution in [0.3, 0.4) is 0 Å². The van der Waals surface area contributed by atoms with Crippen molar-refractivity contribution in [3.05, 3.63) is 29.8 Å². The zero-order valence-corrected chi connectivity index (χ0v) is 15.3. The summed E-state index contributed by atoms with van der Waals surface area (Å²) in [6, 6.07) is 7.17. The number of nitrogens with zero attached hydrogens (tertiary/aromatic N) is 1. The van der Waals surface area contributed by atoms with Gasteiger partial charge in [0.1, 0.15) is 5.75 Å². The highest BCUT2D eigenvalue weighted by molar-refractivity contribution is 14.0. The summed E-state index contributed by atoms with van der Waals surface area (Å²) in [4.78, 5) is 4.27. The lowest BCUT2D eigenvalue weighted by Crippen LogP contribution is -2.41. The molecule has 23 heavy (non-hydrogen) atoms. The normalized spacial score (nSPS) is 16.0. The van der Waals surface area contributed by atoms with Gasteiger partial charge in [-0.05, 0) is 30.9 Å². The van der Waals surface area contributed by atoms with Crippen molar-refractivity contribution >= 4 is 29.9 Å². The monoisotopic (exact) mass is 439 g/mol. The third-order valence-electron chi connectivity index (χ3n) is 3.81. The lowest BCUT2D eigenvalue weighted by Gasteiger charge is -2.23. The van der Waals surface area contributed by atoms with Gasteiger partial charge in [-0.15, -0.1) is 24.0 Å². The first kappa shape index (κ1) is 19.9. The van der Waals surface area contributed by atoms with E-state index in [0.29, 0.717) is 30.5 Å². The van der Waals surface area contributed by atoms with Gasteiger partial charge in [-0.25, -0.2) is 0 Å². The van der Waals surface area contributed by atoms with E-state index in [4.69, 9.17) is 5.73 Å². The molecular formula is C16H24F2IN3O. The summed E-state index contributed by atoms with van der Waals surface area (Å²) >= 11 is 0. The second kappa shape index (κ2) is 10.6. The molecule has 0 spiro atoms. The van der Waals surface area contributed by atoms with Crippen LogP contribution in [0.2, 0.25) is 0 Å². The van der Waals surface area contributed by atoms with Crippen molar-refractivity contribution in [2.24, 2.45) is 10.7 Å². The first-order valence-electron chi connectivity index (χ1n) is 7.74. The molecule has 4 nitrogen and oxygen atoms in total. The fourth-order valence-electron chi connectivity index (χ4n) is 2.72. The highest BCUT2D eigenvalue weighted by Gasteiger charge is 2.13. The van der Waals surface area contributed by atoms with E-state index in [1.54, 1.807) is 18.2 Å². The van der Waals surface area contributed by atoms with Crippen molar-refractivity contribution in [2.75, 3.05) is 6.54 Å². The van der Waals surface area contributed by atoms with E-state index in [2.05, 4.69) is 15.0 Å². The molecule has 2 rings (SSSR count). The zero-order valence-electron chi connectivity index (χ0n) is 13.0. The first-order valence-corrected chi connectivity index (χ1v) is 7.74.